The maximum absolute atomic E-state index is 11.8. The summed E-state index contributed by atoms with van der Waals surface area (Å²) in [5.41, 5.74) is 6.05. The lowest BCUT2D eigenvalue weighted by atomic mass is 10.2. The van der Waals surface area contributed by atoms with Crippen LogP contribution >= 0.6 is 11.6 Å². The van der Waals surface area contributed by atoms with Crippen LogP contribution in [0.15, 0.2) is 23.1 Å². The van der Waals surface area contributed by atoms with E-state index in [1.807, 2.05) is 0 Å². The second kappa shape index (κ2) is 5.11. The summed E-state index contributed by atoms with van der Waals surface area (Å²) in [5, 5.41) is 1.82. The topological polar surface area (TPSA) is 75.4 Å². The van der Waals surface area contributed by atoms with E-state index in [-0.39, 0.29) is 11.4 Å². The van der Waals surface area contributed by atoms with Crippen LogP contribution in [0.25, 0.3) is 0 Å². The van der Waals surface area contributed by atoms with Crippen LogP contribution in [0.3, 0.4) is 0 Å². The van der Waals surface area contributed by atoms with Gasteiger partial charge >= 0.3 is 0 Å². The summed E-state index contributed by atoms with van der Waals surface area (Å²) in [6, 6.07) is 4.43. The Morgan fingerprint density at radius 1 is 1.44 bits per heavy atom. The Bertz CT molecular complexity index is 474. The first kappa shape index (κ1) is 13.4. The SMILES string of the molecule is CN(C)NS(=O)(=O)c1ccc(Cl)c(CN)c1. The Kier molecular flexibility index (Phi) is 4.28. The molecule has 0 aliphatic rings. The van der Waals surface area contributed by atoms with Crippen molar-refractivity contribution in [3.05, 3.63) is 28.8 Å². The summed E-state index contributed by atoms with van der Waals surface area (Å²) < 4.78 is 23.6. The van der Waals surface area contributed by atoms with E-state index in [0.717, 1.165) is 0 Å². The van der Waals surface area contributed by atoms with Crippen LogP contribution < -0.4 is 10.6 Å². The third-order valence-corrected chi connectivity index (χ3v) is 3.70. The largest absolute Gasteiger partial charge is 0.326 e. The van der Waals surface area contributed by atoms with Crippen molar-refractivity contribution in [2.24, 2.45) is 5.73 Å². The van der Waals surface area contributed by atoms with Gasteiger partial charge in [-0.15, -0.1) is 4.83 Å². The summed E-state index contributed by atoms with van der Waals surface area (Å²) in [6.45, 7) is 0.199. The van der Waals surface area contributed by atoms with E-state index in [1.54, 1.807) is 14.1 Å². The number of nitrogens with two attached hydrogens (primary N) is 1. The Morgan fingerprint density at radius 2 is 2.06 bits per heavy atom. The van der Waals surface area contributed by atoms with Crippen molar-refractivity contribution in [3.8, 4) is 0 Å². The Morgan fingerprint density at radius 3 is 2.56 bits per heavy atom. The van der Waals surface area contributed by atoms with Crippen molar-refractivity contribution in [2.45, 2.75) is 11.4 Å². The van der Waals surface area contributed by atoms with Crippen LogP contribution in [0, 0.1) is 0 Å². The zero-order chi connectivity index (χ0) is 12.3. The summed E-state index contributed by atoms with van der Waals surface area (Å²) in [7, 11) is -0.358. The quantitative estimate of drug-likeness (QED) is 0.778. The molecule has 16 heavy (non-hydrogen) atoms. The van der Waals surface area contributed by atoms with E-state index >= 15 is 0 Å². The van der Waals surface area contributed by atoms with Crippen molar-refractivity contribution in [2.75, 3.05) is 14.1 Å². The number of hydrogen-bond acceptors (Lipinski definition) is 4. The molecule has 0 atom stereocenters. The zero-order valence-corrected chi connectivity index (χ0v) is 10.6. The van der Waals surface area contributed by atoms with Crippen molar-refractivity contribution >= 4 is 21.6 Å². The maximum atomic E-state index is 11.8. The molecule has 0 spiro atoms. The van der Waals surface area contributed by atoms with Crippen molar-refractivity contribution in [1.82, 2.24) is 9.84 Å². The average molecular weight is 264 g/mol. The van der Waals surface area contributed by atoms with Gasteiger partial charge in [-0.05, 0) is 23.8 Å². The lowest BCUT2D eigenvalue weighted by Gasteiger charge is -2.13. The highest BCUT2D eigenvalue weighted by atomic mass is 35.5. The highest BCUT2D eigenvalue weighted by Crippen LogP contribution is 2.19. The highest BCUT2D eigenvalue weighted by Gasteiger charge is 2.15. The minimum absolute atomic E-state index is 0.144. The van der Waals surface area contributed by atoms with Gasteiger partial charge in [0.25, 0.3) is 10.0 Å². The van der Waals surface area contributed by atoms with E-state index in [9.17, 15) is 8.42 Å². The Hall–Kier alpha value is -0.660. The van der Waals surface area contributed by atoms with Gasteiger partial charge in [0.05, 0.1) is 4.90 Å². The molecule has 0 unspecified atom stereocenters. The van der Waals surface area contributed by atoms with Gasteiger partial charge in [-0.25, -0.2) is 13.4 Å². The van der Waals surface area contributed by atoms with Crippen LogP contribution in [0.2, 0.25) is 5.02 Å². The molecule has 3 N–H and O–H groups in total. The molecule has 0 saturated carbocycles. The normalized spacial score (nSPS) is 12.1. The number of hydrazine groups is 1. The molecule has 90 valence electrons. The van der Waals surface area contributed by atoms with Crippen molar-refractivity contribution < 1.29 is 8.42 Å². The van der Waals surface area contributed by atoms with Crippen LogP contribution in [-0.2, 0) is 16.6 Å². The Labute approximate surface area is 100 Å². The highest BCUT2D eigenvalue weighted by molar-refractivity contribution is 7.89. The second-order valence-electron chi connectivity index (χ2n) is 3.45. The molecule has 5 nitrogen and oxygen atoms in total. The zero-order valence-electron chi connectivity index (χ0n) is 9.07. The molecule has 1 aromatic carbocycles. The lowest BCUT2D eigenvalue weighted by molar-refractivity contribution is 0.364. The molecule has 0 aliphatic carbocycles. The minimum Gasteiger partial charge on any atom is -0.326 e. The van der Waals surface area contributed by atoms with Crippen molar-refractivity contribution in [3.63, 3.8) is 0 Å². The monoisotopic (exact) mass is 263 g/mol. The molecule has 1 aromatic rings. The summed E-state index contributed by atoms with van der Waals surface area (Å²) in [6.07, 6.45) is 0. The summed E-state index contributed by atoms with van der Waals surface area (Å²) >= 11 is 5.85. The first-order valence-corrected chi connectivity index (χ1v) is 6.41. The molecule has 0 amide bonds. The average Bonchev–Trinajstić information content (AvgIpc) is 2.16. The van der Waals surface area contributed by atoms with Crippen LogP contribution in [0.5, 0.6) is 0 Å². The Balaban J connectivity index is 3.14. The van der Waals surface area contributed by atoms with Gasteiger partial charge in [-0.3, -0.25) is 0 Å². The predicted molar refractivity (Wildman–Crippen MR) is 63.4 cm³/mol. The number of rotatable bonds is 4. The number of sulfonamides is 1. The van der Waals surface area contributed by atoms with Gasteiger partial charge in [-0.1, -0.05) is 11.6 Å². The van der Waals surface area contributed by atoms with E-state index in [4.69, 9.17) is 17.3 Å². The van der Waals surface area contributed by atoms with Gasteiger partial charge < -0.3 is 5.73 Å². The van der Waals surface area contributed by atoms with E-state index in [0.29, 0.717) is 10.6 Å². The predicted octanol–water partition coefficient (Wildman–Crippen LogP) is 0.554. The third-order valence-electron chi connectivity index (χ3n) is 1.85. The molecule has 0 aliphatic heterocycles. The van der Waals surface area contributed by atoms with Gasteiger partial charge in [0, 0.05) is 25.7 Å². The molecule has 0 aromatic heterocycles. The number of halogens is 1. The maximum Gasteiger partial charge on any atom is 0.253 e. The second-order valence-corrected chi connectivity index (χ2v) is 5.51. The summed E-state index contributed by atoms with van der Waals surface area (Å²) in [4.78, 5) is 2.47. The van der Waals surface area contributed by atoms with Crippen LogP contribution in [0.4, 0.5) is 0 Å². The van der Waals surface area contributed by atoms with Gasteiger partial charge in [0.1, 0.15) is 0 Å². The molecular formula is C9H14ClN3O2S. The molecule has 1 rings (SSSR count). The molecule has 7 heteroatoms. The lowest BCUT2D eigenvalue weighted by Crippen LogP contribution is -2.36. The first-order chi connectivity index (χ1) is 7.36. The standard InChI is InChI=1S/C9H14ClN3O2S/c1-13(2)12-16(14,15)8-3-4-9(10)7(5-8)6-11/h3-5,12H,6,11H2,1-2H3. The van der Waals surface area contributed by atoms with E-state index in [1.165, 1.54) is 23.2 Å². The third kappa shape index (κ3) is 3.16. The van der Waals surface area contributed by atoms with Crippen molar-refractivity contribution in [1.29, 1.82) is 0 Å². The molecule has 0 bridgehead atoms. The fourth-order valence-electron chi connectivity index (χ4n) is 1.17. The molecule has 0 fully saturated rings. The molecule has 0 heterocycles. The number of hydrogen-bond donors (Lipinski definition) is 2. The molecular weight excluding hydrogens is 250 g/mol. The minimum atomic E-state index is -3.55. The number of benzene rings is 1. The van der Waals surface area contributed by atoms with Crippen LogP contribution in [-0.4, -0.2) is 27.5 Å². The molecule has 0 saturated heterocycles. The van der Waals surface area contributed by atoms with Gasteiger partial charge in [-0.2, -0.15) is 0 Å². The van der Waals surface area contributed by atoms with E-state index in [2.05, 4.69) is 4.83 Å². The van der Waals surface area contributed by atoms with Crippen LogP contribution in [0.1, 0.15) is 5.56 Å². The molecule has 0 radical (unpaired) electrons. The summed E-state index contributed by atoms with van der Waals surface area (Å²) in [5.74, 6) is 0. The number of nitrogens with one attached hydrogen (secondary N) is 1. The fourth-order valence-corrected chi connectivity index (χ4v) is 2.49. The number of nitrogens with zero attached hydrogens (tertiary/aromatic N) is 1. The van der Waals surface area contributed by atoms with Gasteiger partial charge in [0.15, 0.2) is 0 Å². The fraction of sp³-hybridized carbons (Fsp3) is 0.333. The van der Waals surface area contributed by atoms with E-state index < -0.39 is 10.0 Å². The first-order valence-electron chi connectivity index (χ1n) is 4.55. The van der Waals surface area contributed by atoms with Gasteiger partial charge in [0.2, 0.25) is 0 Å². The smallest absolute Gasteiger partial charge is 0.253 e.